The van der Waals surface area contributed by atoms with E-state index in [1.807, 2.05) is 6.07 Å². The lowest BCUT2D eigenvalue weighted by Crippen LogP contribution is -2.25. The van der Waals surface area contributed by atoms with Gasteiger partial charge >= 0.3 is 0 Å². The molecule has 0 saturated carbocycles. The zero-order chi connectivity index (χ0) is 16.7. The van der Waals surface area contributed by atoms with Gasteiger partial charge in [0.05, 0.1) is 7.11 Å². The fourth-order valence-electron chi connectivity index (χ4n) is 3.05. The molecule has 0 aliphatic rings. The molecule has 0 aliphatic carbocycles. The first-order chi connectivity index (χ1) is 11.2. The Bertz CT molecular complexity index is 608. The van der Waals surface area contributed by atoms with Gasteiger partial charge in [0.1, 0.15) is 5.75 Å². The third-order valence-corrected chi connectivity index (χ3v) is 4.46. The molecule has 0 spiro atoms. The molecule has 1 atom stereocenters. The molecule has 0 saturated heterocycles. The topological polar surface area (TPSA) is 24.5 Å². The van der Waals surface area contributed by atoms with Crippen LogP contribution in [-0.4, -0.2) is 37.7 Å². The molecule has 3 nitrogen and oxygen atoms in total. The van der Waals surface area contributed by atoms with Gasteiger partial charge in [-0.25, -0.2) is 0 Å². The van der Waals surface area contributed by atoms with Crippen molar-refractivity contribution in [2.24, 2.45) is 0 Å². The van der Waals surface area contributed by atoms with Crippen molar-refractivity contribution in [3.8, 4) is 5.75 Å². The molecule has 2 rings (SSSR count). The number of benzene rings is 2. The Balaban J connectivity index is 1.98. The van der Waals surface area contributed by atoms with Gasteiger partial charge in [-0.1, -0.05) is 38.1 Å². The van der Waals surface area contributed by atoms with E-state index in [0.717, 1.165) is 29.9 Å². The minimum absolute atomic E-state index is 0.455. The Hall–Kier alpha value is -1.74. The van der Waals surface area contributed by atoms with Crippen LogP contribution in [0.5, 0.6) is 5.75 Å². The van der Waals surface area contributed by atoms with Crippen LogP contribution in [0.1, 0.15) is 33.6 Å². The predicted molar refractivity (Wildman–Crippen MR) is 101 cm³/mol. The Labute approximate surface area is 140 Å². The highest BCUT2D eigenvalue weighted by molar-refractivity contribution is 5.91. The van der Waals surface area contributed by atoms with Crippen LogP contribution in [0, 0.1) is 0 Å². The van der Waals surface area contributed by atoms with Gasteiger partial charge in [-0.05, 0) is 50.9 Å². The number of hydrogen-bond acceptors (Lipinski definition) is 3. The highest BCUT2D eigenvalue weighted by Gasteiger charge is 2.08. The summed E-state index contributed by atoms with van der Waals surface area (Å²) in [5.74, 6) is 0.931. The largest absolute Gasteiger partial charge is 0.496 e. The summed E-state index contributed by atoms with van der Waals surface area (Å²) >= 11 is 0. The summed E-state index contributed by atoms with van der Waals surface area (Å²) in [6, 6.07) is 13.1. The van der Waals surface area contributed by atoms with Gasteiger partial charge in [0.15, 0.2) is 0 Å². The lowest BCUT2D eigenvalue weighted by molar-refractivity contribution is 0.295. The van der Waals surface area contributed by atoms with Crippen LogP contribution in [-0.2, 0) is 0 Å². The minimum Gasteiger partial charge on any atom is -0.496 e. The maximum Gasteiger partial charge on any atom is 0.128 e. The summed E-state index contributed by atoms with van der Waals surface area (Å²) in [4.78, 5) is 2.48. The van der Waals surface area contributed by atoms with E-state index in [0.29, 0.717) is 6.04 Å². The summed E-state index contributed by atoms with van der Waals surface area (Å²) in [6.45, 7) is 10.2. The van der Waals surface area contributed by atoms with Crippen molar-refractivity contribution in [3.63, 3.8) is 0 Å². The molecule has 0 unspecified atom stereocenters. The molecule has 0 bridgehead atoms. The van der Waals surface area contributed by atoms with Crippen LogP contribution in [0.25, 0.3) is 10.8 Å². The third kappa shape index (κ3) is 4.87. The second-order valence-corrected chi connectivity index (χ2v) is 6.11. The molecule has 2 aromatic carbocycles. The molecule has 23 heavy (non-hydrogen) atoms. The average Bonchev–Trinajstić information content (AvgIpc) is 2.58. The molecule has 0 aliphatic heterocycles. The van der Waals surface area contributed by atoms with Crippen LogP contribution in [0.4, 0.5) is 5.69 Å². The van der Waals surface area contributed by atoms with Gasteiger partial charge in [0.25, 0.3) is 0 Å². The number of hydrogen-bond donors (Lipinski definition) is 1. The number of nitrogens with one attached hydrogen (secondary N) is 1. The second-order valence-electron chi connectivity index (χ2n) is 6.11. The normalized spacial score (nSPS) is 12.6. The van der Waals surface area contributed by atoms with Gasteiger partial charge in [0.2, 0.25) is 0 Å². The minimum atomic E-state index is 0.455. The Kier molecular flexibility index (Phi) is 6.72. The molecule has 0 amide bonds. The van der Waals surface area contributed by atoms with E-state index in [1.165, 1.54) is 24.8 Å². The summed E-state index contributed by atoms with van der Waals surface area (Å²) < 4.78 is 5.54. The molecule has 126 valence electrons. The van der Waals surface area contributed by atoms with Gasteiger partial charge < -0.3 is 15.0 Å². The predicted octanol–water partition coefficient (Wildman–Crippen LogP) is 4.77. The maximum atomic E-state index is 5.54. The van der Waals surface area contributed by atoms with Crippen LogP contribution in [0.15, 0.2) is 36.4 Å². The molecular formula is C20H30N2O. The van der Waals surface area contributed by atoms with E-state index in [9.17, 15) is 0 Å². The Morgan fingerprint density at radius 1 is 1.13 bits per heavy atom. The van der Waals surface area contributed by atoms with Crippen LogP contribution < -0.4 is 10.1 Å². The van der Waals surface area contributed by atoms with E-state index in [4.69, 9.17) is 4.74 Å². The van der Waals surface area contributed by atoms with Crippen molar-refractivity contribution >= 4 is 16.5 Å². The summed E-state index contributed by atoms with van der Waals surface area (Å²) in [5, 5.41) is 5.99. The molecule has 0 fully saturated rings. The van der Waals surface area contributed by atoms with E-state index < -0.39 is 0 Å². The van der Waals surface area contributed by atoms with Gasteiger partial charge in [-0.15, -0.1) is 0 Å². The SMILES string of the molecule is CCN(CC)CCC[C@H](C)Nc1cc(OC)c2ccccc2c1. The summed E-state index contributed by atoms with van der Waals surface area (Å²) in [6.07, 6.45) is 2.40. The lowest BCUT2D eigenvalue weighted by Gasteiger charge is -2.20. The fraction of sp³-hybridized carbons (Fsp3) is 0.500. The van der Waals surface area contributed by atoms with E-state index in [-0.39, 0.29) is 0 Å². The first-order valence-electron chi connectivity index (χ1n) is 8.73. The molecule has 2 aromatic rings. The monoisotopic (exact) mass is 314 g/mol. The molecular weight excluding hydrogens is 284 g/mol. The Morgan fingerprint density at radius 2 is 1.87 bits per heavy atom. The van der Waals surface area contributed by atoms with Crippen molar-refractivity contribution in [1.82, 2.24) is 4.90 Å². The van der Waals surface area contributed by atoms with Crippen molar-refractivity contribution < 1.29 is 4.74 Å². The smallest absolute Gasteiger partial charge is 0.128 e. The van der Waals surface area contributed by atoms with Gasteiger partial charge in [-0.2, -0.15) is 0 Å². The van der Waals surface area contributed by atoms with Crippen molar-refractivity contribution in [3.05, 3.63) is 36.4 Å². The molecule has 0 aromatic heterocycles. The van der Waals surface area contributed by atoms with E-state index >= 15 is 0 Å². The van der Waals surface area contributed by atoms with Crippen LogP contribution in [0.2, 0.25) is 0 Å². The number of ether oxygens (including phenoxy) is 1. The average molecular weight is 314 g/mol. The highest BCUT2D eigenvalue weighted by atomic mass is 16.5. The van der Waals surface area contributed by atoms with Crippen LogP contribution in [0.3, 0.4) is 0 Å². The zero-order valence-corrected chi connectivity index (χ0v) is 14.9. The maximum absolute atomic E-state index is 5.54. The molecule has 1 N–H and O–H groups in total. The van der Waals surface area contributed by atoms with Crippen molar-refractivity contribution in [2.75, 3.05) is 32.1 Å². The summed E-state index contributed by atoms with van der Waals surface area (Å²) in [7, 11) is 1.74. The Morgan fingerprint density at radius 3 is 2.57 bits per heavy atom. The van der Waals surface area contributed by atoms with Crippen molar-refractivity contribution in [1.29, 1.82) is 0 Å². The number of rotatable bonds is 9. The van der Waals surface area contributed by atoms with Crippen molar-refractivity contribution in [2.45, 2.75) is 39.7 Å². The quantitative estimate of drug-likeness (QED) is 0.721. The number of fused-ring (bicyclic) bond motifs is 1. The first-order valence-corrected chi connectivity index (χ1v) is 8.73. The van der Waals surface area contributed by atoms with Crippen LogP contribution >= 0.6 is 0 Å². The highest BCUT2D eigenvalue weighted by Crippen LogP contribution is 2.30. The van der Waals surface area contributed by atoms with Gasteiger partial charge in [0, 0.05) is 23.2 Å². The standard InChI is InChI=1S/C20H30N2O/c1-5-22(6-2)13-9-10-16(3)21-18-14-17-11-7-8-12-19(17)20(15-18)23-4/h7-8,11-12,14-16,21H,5-6,9-10,13H2,1-4H3/t16-/m0/s1. The van der Waals surface area contributed by atoms with Gasteiger partial charge in [-0.3, -0.25) is 0 Å². The third-order valence-electron chi connectivity index (χ3n) is 4.46. The molecule has 0 radical (unpaired) electrons. The molecule has 3 heteroatoms. The fourth-order valence-corrected chi connectivity index (χ4v) is 3.05. The zero-order valence-electron chi connectivity index (χ0n) is 14.9. The number of anilines is 1. The number of nitrogens with zero attached hydrogens (tertiary/aromatic N) is 1. The lowest BCUT2D eigenvalue weighted by atomic mass is 10.1. The van der Waals surface area contributed by atoms with E-state index in [2.05, 4.69) is 61.3 Å². The summed E-state index contributed by atoms with van der Waals surface area (Å²) in [5.41, 5.74) is 1.14. The first kappa shape index (κ1) is 17.6. The number of methoxy groups -OCH3 is 1. The molecule has 0 heterocycles. The van der Waals surface area contributed by atoms with E-state index in [1.54, 1.807) is 7.11 Å². The second kappa shape index (κ2) is 8.78.